The molecule has 1 aliphatic rings. The Labute approximate surface area is 165 Å². The van der Waals surface area contributed by atoms with Crippen molar-refractivity contribution < 1.29 is 13.2 Å². The van der Waals surface area contributed by atoms with Gasteiger partial charge in [0, 0.05) is 43.1 Å². The maximum absolute atomic E-state index is 13.3. The van der Waals surface area contributed by atoms with Crippen molar-refractivity contribution >= 4 is 22.9 Å². The van der Waals surface area contributed by atoms with E-state index in [1.54, 1.807) is 12.1 Å². The molecular formula is C20H19F3N4S. The topological polar surface area (TPSA) is 32.3 Å². The Morgan fingerprint density at radius 1 is 0.893 bits per heavy atom. The maximum Gasteiger partial charge on any atom is 0.418 e. The highest BCUT2D eigenvalue weighted by atomic mass is 32.1. The van der Waals surface area contributed by atoms with Gasteiger partial charge in [-0.15, -0.1) is 0 Å². The second-order valence-electron chi connectivity index (χ2n) is 6.68. The maximum atomic E-state index is 13.3. The third kappa shape index (κ3) is 3.82. The summed E-state index contributed by atoms with van der Waals surface area (Å²) in [7, 11) is 0. The molecule has 0 unspecified atom stereocenters. The summed E-state index contributed by atoms with van der Waals surface area (Å²) < 4.78 is 44.0. The fourth-order valence-electron chi connectivity index (χ4n) is 3.42. The first-order valence-electron chi connectivity index (χ1n) is 8.99. The van der Waals surface area contributed by atoms with E-state index in [1.807, 2.05) is 36.1 Å². The van der Waals surface area contributed by atoms with Crippen LogP contribution in [0.2, 0.25) is 0 Å². The van der Waals surface area contributed by atoms with Gasteiger partial charge in [0.15, 0.2) is 0 Å². The molecular weight excluding hydrogens is 385 g/mol. The third-order valence-electron chi connectivity index (χ3n) is 4.84. The molecule has 2 aromatic carbocycles. The number of nitrogens with zero attached hydrogens (tertiary/aromatic N) is 4. The second-order valence-corrected chi connectivity index (χ2v) is 7.43. The van der Waals surface area contributed by atoms with Crippen molar-refractivity contribution in [1.82, 2.24) is 9.36 Å². The minimum Gasteiger partial charge on any atom is -0.368 e. The molecule has 28 heavy (non-hydrogen) atoms. The number of anilines is 2. The average Bonchev–Trinajstić information content (AvgIpc) is 3.14. The van der Waals surface area contributed by atoms with Crippen LogP contribution >= 0.6 is 11.5 Å². The number of hydrogen-bond donors (Lipinski definition) is 0. The van der Waals surface area contributed by atoms with Crippen LogP contribution in [0.25, 0.3) is 10.6 Å². The quantitative estimate of drug-likeness (QED) is 0.624. The van der Waals surface area contributed by atoms with E-state index in [2.05, 4.69) is 14.3 Å². The summed E-state index contributed by atoms with van der Waals surface area (Å²) in [5, 5.41) is 0.887. The fraction of sp³-hybridized carbons (Fsp3) is 0.300. The van der Waals surface area contributed by atoms with Crippen molar-refractivity contribution in [3.63, 3.8) is 0 Å². The van der Waals surface area contributed by atoms with Gasteiger partial charge in [-0.05, 0) is 54.9 Å². The Morgan fingerprint density at radius 2 is 1.54 bits per heavy atom. The molecule has 4 rings (SSSR count). The predicted molar refractivity (Wildman–Crippen MR) is 106 cm³/mol. The van der Waals surface area contributed by atoms with Gasteiger partial charge in [0.05, 0.1) is 5.56 Å². The van der Waals surface area contributed by atoms with E-state index in [0.29, 0.717) is 26.2 Å². The van der Waals surface area contributed by atoms with E-state index in [1.165, 1.54) is 17.6 Å². The number of hydrogen-bond acceptors (Lipinski definition) is 5. The van der Waals surface area contributed by atoms with Crippen LogP contribution < -0.4 is 9.80 Å². The Kier molecular flexibility index (Phi) is 4.97. The zero-order valence-corrected chi connectivity index (χ0v) is 16.1. The van der Waals surface area contributed by atoms with Crippen molar-refractivity contribution in [3.05, 3.63) is 59.9 Å². The highest BCUT2D eigenvalue weighted by Crippen LogP contribution is 2.37. The normalized spacial score (nSPS) is 15.1. The number of aromatic nitrogens is 2. The second kappa shape index (κ2) is 7.43. The van der Waals surface area contributed by atoms with Crippen molar-refractivity contribution in [2.45, 2.75) is 13.1 Å². The van der Waals surface area contributed by atoms with Crippen LogP contribution in [-0.4, -0.2) is 35.5 Å². The van der Waals surface area contributed by atoms with Crippen molar-refractivity contribution in [3.8, 4) is 10.6 Å². The molecule has 0 atom stereocenters. The van der Waals surface area contributed by atoms with Crippen molar-refractivity contribution in [2.24, 2.45) is 0 Å². The molecule has 8 heteroatoms. The number of halogens is 3. The highest BCUT2D eigenvalue weighted by molar-refractivity contribution is 7.09. The van der Waals surface area contributed by atoms with Gasteiger partial charge in [-0.2, -0.15) is 17.5 Å². The van der Waals surface area contributed by atoms with Gasteiger partial charge in [-0.25, -0.2) is 4.98 Å². The Morgan fingerprint density at radius 3 is 2.14 bits per heavy atom. The minimum absolute atomic E-state index is 0.261. The number of benzene rings is 2. The fourth-order valence-corrected chi connectivity index (χ4v) is 4.10. The van der Waals surface area contributed by atoms with E-state index in [-0.39, 0.29) is 5.69 Å². The largest absolute Gasteiger partial charge is 0.418 e. The molecule has 0 saturated carbocycles. The van der Waals surface area contributed by atoms with Gasteiger partial charge in [0.2, 0.25) is 0 Å². The lowest BCUT2D eigenvalue weighted by Crippen LogP contribution is -2.47. The van der Waals surface area contributed by atoms with E-state index in [9.17, 15) is 13.2 Å². The van der Waals surface area contributed by atoms with E-state index in [0.717, 1.165) is 28.1 Å². The van der Waals surface area contributed by atoms with Gasteiger partial charge in [0.25, 0.3) is 0 Å². The van der Waals surface area contributed by atoms with Gasteiger partial charge in [0.1, 0.15) is 10.8 Å². The van der Waals surface area contributed by atoms with Crippen molar-refractivity contribution in [2.75, 3.05) is 36.0 Å². The molecule has 4 nitrogen and oxygen atoms in total. The van der Waals surface area contributed by atoms with E-state index < -0.39 is 11.7 Å². The van der Waals surface area contributed by atoms with Gasteiger partial charge >= 0.3 is 6.18 Å². The molecule has 0 aliphatic carbocycles. The lowest BCUT2D eigenvalue weighted by molar-refractivity contribution is -0.137. The highest BCUT2D eigenvalue weighted by Gasteiger charge is 2.35. The number of para-hydroxylation sites is 1. The van der Waals surface area contributed by atoms with E-state index in [4.69, 9.17) is 0 Å². The number of piperazine rings is 1. The molecule has 1 saturated heterocycles. The molecule has 0 N–H and O–H groups in total. The van der Waals surface area contributed by atoms with Gasteiger partial charge in [-0.3, -0.25) is 0 Å². The average molecular weight is 404 g/mol. The summed E-state index contributed by atoms with van der Waals surface area (Å²) in [5.74, 6) is 0.763. The molecule has 1 aromatic heterocycles. The van der Waals surface area contributed by atoms with Crippen LogP contribution in [0, 0.1) is 6.92 Å². The summed E-state index contributed by atoms with van der Waals surface area (Å²) in [4.78, 5) is 8.40. The van der Waals surface area contributed by atoms with Crippen LogP contribution in [0.3, 0.4) is 0 Å². The Balaban J connectivity index is 1.45. The predicted octanol–water partition coefficient (Wildman–Crippen LogP) is 4.86. The zero-order chi connectivity index (χ0) is 19.7. The summed E-state index contributed by atoms with van der Waals surface area (Å²) in [6, 6.07) is 13.9. The molecule has 1 fully saturated rings. The van der Waals surface area contributed by atoms with Crippen LogP contribution in [0.15, 0.2) is 48.5 Å². The SMILES string of the molecule is Cc1nsc(-c2ccc(N3CCN(c4ccccc4C(F)(F)F)CC3)cc2)n1. The lowest BCUT2D eigenvalue weighted by Gasteiger charge is -2.38. The van der Waals surface area contributed by atoms with E-state index >= 15 is 0 Å². The lowest BCUT2D eigenvalue weighted by atomic mass is 10.1. The molecule has 0 radical (unpaired) electrons. The van der Waals surface area contributed by atoms with Crippen LogP contribution in [-0.2, 0) is 6.18 Å². The number of rotatable bonds is 3. The molecule has 3 aromatic rings. The number of alkyl halides is 3. The van der Waals surface area contributed by atoms with Gasteiger partial charge < -0.3 is 9.80 Å². The van der Waals surface area contributed by atoms with Crippen LogP contribution in [0.1, 0.15) is 11.4 Å². The standard InChI is InChI=1S/C20H19F3N4S/c1-14-24-19(28-25-14)15-6-8-16(9-7-15)26-10-12-27(13-11-26)18-5-3-2-4-17(18)20(21,22)23/h2-9H,10-13H2,1H3. The first-order chi connectivity index (χ1) is 13.4. The molecule has 0 amide bonds. The first-order valence-corrected chi connectivity index (χ1v) is 9.76. The molecule has 0 spiro atoms. The third-order valence-corrected chi connectivity index (χ3v) is 5.69. The number of aryl methyl sites for hydroxylation is 1. The Bertz CT molecular complexity index is 945. The summed E-state index contributed by atoms with van der Waals surface area (Å²) >= 11 is 1.37. The summed E-state index contributed by atoms with van der Waals surface area (Å²) in [6.07, 6.45) is -4.34. The molecule has 1 aliphatic heterocycles. The molecule has 0 bridgehead atoms. The van der Waals surface area contributed by atoms with Crippen LogP contribution in [0.5, 0.6) is 0 Å². The molecule has 146 valence electrons. The summed E-state index contributed by atoms with van der Waals surface area (Å²) in [5.41, 5.74) is 1.78. The zero-order valence-electron chi connectivity index (χ0n) is 15.3. The smallest absolute Gasteiger partial charge is 0.368 e. The Hall–Kier alpha value is -2.61. The first kappa shape index (κ1) is 18.7. The monoisotopic (exact) mass is 404 g/mol. The van der Waals surface area contributed by atoms with Gasteiger partial charge in [-0.1, -0.05) is 12.1 Å². The minimum atomic E-state index is -4.34. The van der Waals surface area contributed by atoms with Crippen molar-refractivity contribution in [1.29, 1.82) is 0 Å². The van der Waals surface area contributed by atoms with Crippen LogP contribution in [0.4, 0.5) is 24.5 Å². The summed E-state index contributed by atoms with van der Waals surface area (Å²) in [6.45, 7) is 4.30. The molecule has 2 heterocycles.